The van der Waals surface area contributed by atoms with Gasteiger partial charge in [-0.3, -0.25) is 14.9 Å². The topological polar surface area (TPSA) is 72.2 Å². The summed E-state index contributed by atoms with van der Waals surface area (Å²) < 4.78 is 0. The third-order valence-corrected chi connectivity index (χ3v) is 2.21. The zero-order chi connectivity index (χ0) is 12.8. The smallest absolute Gasteiger partial charge is 0.269 e. The monoisotopic (exact) mass is 234 g/mol. The summed E-state index contributed by atoms with van der Waals surface area (Å²) >= 11 is 0. The van der Waals surface area contributed by atoms with E-state index < -0.39 is 4.92 Å². The normalized spacial score (nSPS) is 9.71. The van der Waals surface area contributed by atoms with Gasteiger partial charge in [0.15, 0.2) is 0 Å². The van der Waals surface area contributed by atoms with Crippen LogP contribution in [0.3, 0.4) is 0 Å². The van der Waals surface area contributed by atoms with Crippen molar-refractivity contribution in [3.8, 4) is 0 Å². The van der Waals surface area contributed by atoms with Gasteiger partial charge in [0.05, 0.1) is 4.92 Å². The van der Waals surface area contributed by atoms with Gasteiger partial charge in [0.1, 0.15) is 0 Å². The highest BCUT2D eigenvalue weighted by atomic mass is 16.6. The number of nitro benzene ring substituents is 1. The number of nitro groups is 1. The lowest BCUT2D eigenvalue weighted by molar-refractivity contribution is -0.384. The van der Waals surface area contributed by atoms with Gasteiger partial charge < -0.3 is 5.32 Å². The summed E-state index contributed by atoms with van der Waals surface area (Å²) in [5, 5.41) is 13.2. The molecule has 0 atom stereocenters. The molecule has 0 radical (unpaired) electrons. The molecule has 0 spiro atoms. The summed E-state index contributed by atoms with van der Waals surface area (Å²) in [5.74, 6) is -0.199. The lowest BCUT2D eigenvalue weighted by atomic mass is 10.1. The summed E-state index contributed by atoms with van der Waals surface area (Å²) in [7, 11) is 0. The molecule has 5 nitrogen and oxygen atoms in total. The van der Waals surface area contributed by atoms with Crippen molar-refractivity contribution in [3.05, 3.63) is 52.1 Å². The van der Waals surface area contributed by atoms with Crippen LogP contribution in [0.2, 0.25) is 0 Å². The maximum absolute atomic E-state index is 11.2. The van der Waals surface area contributed by atoms with Gasteiger partial charge in [-0.05, 0) is 18.9 Å². The molecule has 5 heteroatoms. The van der Waals surface area contributed by atoms with Gasteiger partial charge in [-0.15, -0.1) is 0 Å². The first-order chi connectivity index (χ1) is 8.00. The summed E-state index contributed by atoms with van der Waals surface area (Å²) in [6, 6.07) is 6.37. The Morgan fingerprint density at radius 1 is 1.53 bits per heavy atom. The van der Waals surface area contributed by atoms with Gasteiger partial charge in [0.2, 0.25) is 5.91 Å². The first-order valence-electron chi connectivity index (χ1n) is 5.17. The van der Waals surface area contributed by atoms with Gasteiger partial charge in [0.25, 0.3) is 5.69 Å². The van der Waals surface area contributed by atoms with Crippen LogP contribution < -0.4 is 5.32 Å². The van der Waals surface area contributed by atoms with Crippen molar-refractivity contribution >= 4 is 11.6 Å². The number of non-ortho nitro benzene ring substituents is 1. The minimum absolute atomic E-state index is 0.0636. The van der Waals surface area contributed by atoms with Crippen molar-refractivity contribution in [1.82, 2.24) is 5.32 Å². The van der Waals surface area contributed by atoms with Crippen molar-refractivity contribution in [1.29, 1.82) is 0 Å². The number of rotatable bonds is 5. The molecule has 0 aromatic heterocycles. The van der Waals surface area contributed by atoms with Crippen molar-refractivity contribution in [2.24, 2.45) is 0 Å². The number of amides is 1. The van der Waals surface area contributed by atoms with Crippen LogP contribution in [0.25, 0.3) is 0 Å². The third kappa shape index (κ3) is 4.06. The SMILES string of the molecule is C=C(C)C(=O)NCCc1cccc([N+](=O)[O-])c1. The molecule has 0 fully saturated rings. The molecule has 1 aromatic carbocycles. The van der Waals surface area contributed by atoms with Gasteiger partial charge in [-0.1, -0.05) is 18.7 Å². The van der Waals surface area contributed by atoms with Crippen LogP contribution in [-0.2, 0) is 11.2 Å². The van der Waals surface area contributed by atoms with E-state index in [0.29, 0.717) is 18.5 Å². The molecule has 1 aromatic rings. The van der Waals surface area contributed by atoms with Crippen LogP contribution in [0.5, 0.6) is 0 Å². The highest BCUT2D eigenvalue weighted by Gasteiger charge is 2.06. The zero-order valence-corrected chi connectivity index (χ0v) is 9.60. The van der Waals surface area contributed by atoms with Crippen molar-refractivity contribution < 1.29 is 9.72 Å². The second-order valence-corrected chi connectivity index (χ2v) is 3.71. The van der Waals surface area contributed by atoms with E-state index in [4.69, 9.17) is 0 Å². The first-order valence-corrected chi connectivity index (χ1v) is 5.17. The molecule has 0 aliphatic carbocycles. The molecular weight excluding hydrogens is 220 g/mol. The fraction of sp³-hybridized carbons (Fsp3) is 0.250. The molecular formula is C12H14N2O3. The standard InChI is InChI=1S/C12H14N2O3/c1-9(2)12(15)13-7-6-10-4-3-5-11(8-10)14(16)17/h3-5,8H,1,6-7H2,2H3,(H,13,15). The van der Waals surface area contributed by atoms with Crippen LogP contribution in [0.4, 0.5) is 5.69 Å². The Balaban J connectivity index is 2.52. The summed E-state index contributed by atoms with van der Waals surface area (Å²) in [4.78, 5) is 21.3. The molecule has 0 aliphatic heterocycles. The molecule has 0 heterocycles. The quantitative estimate of drug-likeness (QED) is 0.480. The zero-order valence-electron chi connectivity index (χ0n) is 9.60. The molecule has 0 saturated heterocycles. The Hall–Kier alpha value is -2.17. The molecule has 1 N–H and O–H groups in total. The third-order valence-electron chi connectivity index (χ3n) is 2.21. The largest absolute Gasteiger partial charge is 0.352 e. The van der Waals surface area contributed by atoms with Crippen molar-refractivity contribution in [3.63, 3.8) is 0 Å². The Kier molecular flexibility index (Phi) is 4.39. The number of hydrogen-bond acceptors (Lipinski definition) is 3. The maximum atomic E-state index is 11.2. The van der Waals surface area contributed by atoms with E-state index in [1.807, 2.05) is 0 Å². The summed E-state index contributed by atoms with van der Waals surface area (Å²) in [5.41, 5.74) is 1.33. The number of hydrogen-bond donors (Lipinski definition) is 1. The van der Waals surface area contributed by atoms with Gasteiger partial charge in [-0.25, -0.2) is 0 Å². The minimum atomic E-state index is -0.435. The second-order valence-electron chi connectivity index (χ2n) is 3.71. The lowest BCUT2D eigenvalue weighted by Crippen LogP contribution is -2.25. The van der Waals surface area contributed by atoms with Crippen molar-refractivity contribution in [2.45, 2.75) is 13.3 Å². The average Bonchev–Trinajstić information content (AvgIpc) is 2.29. The fourth-order valence-electron chi connectivity index (χ4n) is 1.30. The van der Waals surface area contributed by atoms with E-state index in [9.17, 15) is 14.9 Å². The average molecular weight is 234 g/mol. The van der Waals surface area contributed by atoms with E-state index in [0.717, 1.165) is 5.56 Å². The molecule has 0 aliphatic rings. The van der Waals surface area contributed by atoms with Crippen LogP contribution >= 0.6 is 0 Å². The van der Waals surface area contributed by atoms with Gasteiger partial charge >= 0.3 is 0 Å². The first kappa shape index (κ1) is 12.9. The van der Waals surface area contributed by atoms with Crippen molar-refractivity contribution in [2.75, 3.05) is 6.54 Å². The number of nitrogens with zero attached hydrogens (tertiary/aromatic N) is 1. The Bertz CT molecular complexity index is 455. The molecule has 0 saturated carbocycles. The van der Waals surface area contributed by atoms with E-state index in [-0.39, 0.29) is 11.6 Å². The number of nitrogens with one attached hydrogen (secondary N) is 1. The van der Waals surface area contributed by atoms with Gasteiger partial charge in [-0.2, -0.15) is 0 Å². The number of carbonyl (C=O) groups is 1. The molecule has 90 valence electrons. The summed E-state index contributed by atoms with van der Waals surface area (Å²) in [6.07, 6.45) is 0.556. The van der Waals surface area contributed by atoms with E-state index in [1.165, 1.54) is 12.1 Å². The minimum Gasteiger partial charge on any atom is -0.352 e. The fourth-order valence-corrected chi connectivity index (χ4v) is 1.30. The van der Waals surface area contributed by atoms with E-state index >= 15 is 0 Å². The van der Waals surface area contributed by atoms with E-state index in [2.05, 4.69) is 11.9 Å². The maximum Gasteiger partial charge on any atom is 0.269 e. The Labute approximate surface area is 99.3 Å². The molecule has 17 heavy (non-hydrogen) atoms. The Morgan fingerprint density at radius 3 is 2.82 bits per heavy atom. The number of carbonyl (C=O) groups excluding carboxylic acids is 1. The molecule has 1 amide bonds. The molecule has 0 unspecified atom stereocenters. The van der Waals surface area contributed by atoms with Gasteiger partial charge in [0, 0.05) is 24.3 Å². The highest BCUT2D eigenvalue weighted by Crippen LogP contribution is 2.13. The Morgan fingerprint density at radius 2 is 2.24 bits per heavy atom. The predicted molar refractivity (Wildman–Crippen MR) is 64.6 cm³/mol. The lowest BCUT2D eigenvalue weighted by Gasteiger charge is -2.04. The molecule has 0 bridgehead atoms. The predicted octanol–water partition coefficient (Wildman–Crippen LogP) is 1.83. The summed E-state index contributed by atoms with van der Waals surface area (Å²) in [6.45, 7) is 5.58. The van der Waals surface area contributed by atoms with E-state index in [1.54, 1.807) is 19.1 Å². The van der Waals surface area contributed by atoms with Crippen LogP contribution in [0.1, 0.15) is 12.5 Å². The van der Waals surface area contributed by atoms with Crippen LogP contribution in [-0.4, -0.2) is 17.4 Å². The number of benzene rings is 1. The molecule has 1 rings (SSSR count). The second kappa shape index (κ2) is 5.79. The van der Waals surface area contributed by atoms with Crippen LogP contribution in [0, 0.1) is 10.1 Å². The van der Waals surface area contributed by atoms with Crippen LogP contribution in [0.15, 0.2) is 36.4 Å². The highest BCUT2D eigenvalue weighted by molar-refractivity contribution is 5.92.